The van der Waals surface area contributed by atoms with Crippen molar-refractivity contribution in [2.45, 2.75) is 91.0 Å². The second-order valence-corrected chi connectivity index (χ2v) is 9.38. The van der Waals surface area contributed by atoms with Crippen LogP contribution in [0.5, 0.6) is 5.75 Å². The molecule has 34 heavy (non-hydrogen) atoms. The summed E-state index contributed by atoms with van der Waals surface area (Å²) in [5.74, 6) is -0.944. The van der Waals surface area contributed by atoms with E-state index in [2.05, 4.69) is 17.6 Å². The Morgan fingerprint density at radius 3 is 2.21 bits per heavy atom. The number of benzene rings is 1. The van der Waals surface area contributed by atoms with Crippen LogP contribution in [0.15, 0.2) is 24.3 Å². The van der Waals surface area contributed by atoms with Crippen LogP contribution in [0.25, 0.3) is 0 Å². The summed E-state index contributed by atoms with van der Waals surface area (Å²) < 4.78 is 5.23. The third-order valence-electron chi connectivity index (χ3n) is 5.31. The van der Waals surface area contributed by atoms with Crippen LogP contribution >= 0.6 is 0 Å². The minimum absolute atomic E-state index is 0.0343. The van der Waals surface area contributed by atoms with E-state index >= 15 is 0 Å². The third-order valence-corrected chi connectivity index (χ3v) is 5.31. The summed E-state index contributed by atoms with van der Waals surface area (Å²) in [6.45, 7) is 10.6. The van der Waals surface area contributed by atoms with Crippen LogP contribution in [-0.4, -0.2) is 63.9 Å². The van der Waals surface area contributed by atoms with E-state index in [4.69, 9.17) is 4.74 Å². The highest BCUT2D eigenvalue weighted by atomic mass is 16.6. The summed E-state index contributed by atoms with van der Waals surface area (Å²) in [7, 11) is 0. The molecule has 0 spiro atoms. The summed E-state index contributed by atoms with van der Waals surface area (Å²) in [6, 6.07) is 3.38. The quantitative estimate of drug-likeness (QED) is 0.341. The smallest absolute Gasteiger partial charge is 0.408 e. The van der Waals surface area contributed by atoms with Gasteiger partial charge in [-0.1, -0.05) is 38.8 Å². The fourth-order valence-corrected chi connectivity index (χ4v) is 3.39. The first-order valence-electron chi connectivity index (χ1n) is 11.9. The molecular formula is C25H41N3O6. The van der Waals surface area contributed by atoms with Gasteiger partial charge in [0.1, 0.15) is 23.4 Å². The largest absolute Gasteiger partial charge is 0.508 e. The molecule has 1 rings (SSSR count). The zero-order valence-corrected chi connectivity index (χ0v) is 21.3. The Morgan fingerprint density at radius 1 is 1.09 bits per heavy atom. The van der Waals surface area contributed by atoms with Gasteiger partial charge in [-0.25, -0.2) is 4.79 Å². The van der Waals surface area contributed by atoms with Crippen molar-refractivity contribution >= 4 is 17.9 Å². The number of nitrogens with one attached hydrogen (secondary N) is 2. The summed E-state index contributed by atoms with van der Waals surface area (Å²) in [5, 5.41) is 25.0. The lowest BCUT2D eigenvalue weighted by Gasteiger charge is -2.38. The molecule has 9 heteroatoms. The monoisotopic (exact) mass is 479 g/mol. The van der Waals surface area contributed by atoms with Crippen molar-refractivity contribution in [1.29, 1.82) is 0 Å². The number of phenols is 1. The predicted octanol–water partition coefficient (Wildman–Crippen LogP) is 3.25. The molecule has 0 radical (unpaired) electrons. The van der Waals surface area contributed by atoms with Gasteiger partial charge in [-0.15, -0.1) is 0 Å². The lowest BCUT2D eigenvalue weighted by atomic mass is 10.00. The summed E-state index contributed by atoms with van der Waals surface area (Å²) in [5.41, 5.74) is -0.273. The van der Waals surface area contributed by atoms with Crippen LogP contribution in [0.1, 0.15) is 78.8 Å². The van der Waals surface area contributed by atoms with Crippen LogP contribution in [0.4, 0.5) is 4.79 Å². The Hall–Kier alpha value is -2.81. The van der Waals surface area contributed by atoms with E-state index in [0.717, 1.165) is 19.3 Å². The number of aliphatic hydroxyl groups excluding tert-OH is 1. The van der Waals surface area contributed by atoms with E-state index in [1.807, 2.05) is 6.92 Å². The van der Waals surface area contributed by atoms with E-state index in [-0.39, 0.29) is 17.7 Å². The number of aliphatic hydroxyl groups is 1. The molecule has 9 nitrogen and oxygen atoms in total. The van der Waals surface area contributed by atoms with Gasteiger partial charge in [-0.05, 0) is 58.2 Å². The molecule has 1 aromatic rings. The SMILES string of the molecule is CCCCCNC(=O)C(c1ccc(O)cc1)N(C(=O)C(CO)NC(=O)OC(C)(C)C)C(C)CC. The van der Waals surface area contributed by atoms with Crippen LogP contribution in [0, 0.1) is 0 Å². The highest BCUT2D eigenvalue weighted by Gasteiger charge is 2.38. The molecular weight excluding hydrogens is 438 g/mol. The maximum absolute atomic E-state index is 13.6. The van der Waals surface area contributed by atoms with Crippen molar-refractivity contribution < 1.29 is 29.3 Å². The van der Waals surface area contributed by atoms with Crippen molar-refractivity contribution in [3.05, 3.63) is 29.8 Å². The van der Waals surface area contributed by atoms with Gasteiger partial charge in [0.15, 0.2) is 0 Å². The average Bonchev–Trinajstić information content (AvgIpc) is 2.77. The minimum Gasteiger partial charge on any atom is -0.508 e. The van der Waals surface area contributed by atoms with Gasteiger partial charge in [-0.2, -0.15) is 0 Å². The van der Waals surface area contributed by atoms with Gasteiger partial charge < -0.3 is 30.5 Å². The van der Waals surface area contributed by atoms with E-state index in [0.29, 0.717) is 18.5 Å². The molecule has 4 N–H and O–H groups in total. The number of hydrogen-bond donors (Lipinski definition) is 4. The van der Waals surface area contributed by atoms with Crippen molar-refractivity contribution in [3.63, 3.8) is 0 Å². The maximum Gasteiger partial charge on any atom is 0.408 e. The fourth-order valence-electron chi connectivity index (χ4n) is 3.39. The summed E-state index contributed by atoms with van der Waals surface area (Å²) >= 11 is 0. The average molecular weight is 480 g/mol. The molecule has 0 heterocycles. The topological polar surface area (TPSA) is 128 Å². The number of phenolic OH excluding ortho intramolecular Hbond substituents is 1. The van der Waals surface area contributed by atoms with E-state index in [1.165, 1.54) is 17.0 Å². The first kappa shape index (κ1) is 29.2. The first-order valence-corrected chi connectivity index (χ1v) is 11.9. The molecule has 0 aliphatic rings. The second-order valence-electron chi connectivity index (χ2n) is 9.38. The van der Waals surface area contributed by atoms with Crippen LogP contribution in [0.2, 0.25) is 0 Å². The standard InChI is InChI=1S/C25H41N3O6/c1-7-9-10-15-26-22(31)21(18-11-13-19(30)14-12-18)28(17(3)8-2)23(32)20(16-29)27-24(33)34-25(4,5)6/h11-14,17,20-21,29-30H,7-10,15-16H2,1-6H3,(H,26,31)(H,27,33). The van der Waals surface area contributed by atoms with Gasteiger partial charge >= 0.3 is 6.09 Å². The number of aromatic hydroxyl groups is 1. The normalized spacial score (nSPS) is 14.0. The van der Waals surface area contributed by atoms with Gasteiger partial charge in [0.05, 0.1) is 6.61 Å². The lowest BCUT2D eigenvalue weighted by molar-refractivity contribution is -0.145. The Labute approximate surface area is 202 Å². The van der Waals surface area contributed by atoms with E-state index < -0.39 is 36.3 Å². The Morgan fingerprint density at radius 2 is 1.71 bits per heavy atom. The van der Waals surface area contributed by atoms with Gasteiger partial charge in [0.25, 0.3) is 0 Å². The molecule has 0 saturated carbocycles. The number of nitrogens with zero attached hydrogens (tertiary/aromatic N) is 1. The van der Waals surface area contributed by atoms with Crippen molar-refractivity contribution in [1.82, 2.24) is 15.5 Å². The second kappa shape index (κ2) is 13.8. The van der Waals surface area contributed by atoms with Gasteiger partial charge in [0, 0.05) is 12.6 Å². The molecule has 0 fully saturated rings. The molecule has 192 valence electrons. The molecule has 0 bridgehead atoms. The number of ether oxygens (including phenoxy) is 1. The fraction of sp³-hybridized carbons (Fsp3) is 0.640. The predicted molar refractivity (Wildman–Crippen MR) is 130 cm³/mol. The summed E-state index contributed by atoms with van der Waals surface area (Å²) in [6.07, 6.45) is 2.47. The molecule has 0 aliphatic heterocycles. The Bertz CT molecular complexity index is 791. The summed E-state index contributed by atoms with van der Waals surface area (Å²) in [4.78, 5) is 40.6. The number of amides is 3. The lowest BCUT2D eigenvalue weighted by Crippen LogP contribution is -2.56. The molecule has 0 aromatic heterocycles. The van der Waals surface area contributed by atoms with E-state index in [9.17, 15) is 24.6 Å². The highest BCUT2D eigenvalue weighted by molar-refractivity contribution is 5.92. The van der Waals surface area contributed by atoms with Crippen LogP contribution in [0.3, 0.4) is 0 Å². The molecule has 1 aromatic carbocycles. The molecule has 3 unspecified atom stereocenters. The molecule has 3 amide bonds. The van der Waals surface area contributed by atoms with E-state index in [1.54, 1.807) is 39.8 Å². The number of carbonyl (C=O) groups excluding carboxylic acids is 3. The number of hydrogen-bond acceptors (Lipinski definition) is 6. The zero-order chi connectivity index (χ0) is 25.9. The van der Waals surface area contributed by atoms with Gasteiger partial charge in [-0.3, -0.25) is 9.59 Å². The first-order chi connectivity index (χ1) is 15.9. The van der Waals surface area contributed by atoms with Crippen molar-refractivity contribution in [3.8, 4) is 5.75 Å². The number of rotatable bonds is 12. The molecule has 0 aliphatic carbocycles. The maximum atomic E-state index is 13.6. The third kappa shape index (κ3) is 9.21. The zero-order valence-electron chi connectivity index (χ0n) is 21.3. The van der Waals surface area contributed by atoms with Crippen molar-refractivity contribution in [2.24, 2.45) is 0 Å². The number of alkyl carbamates (subject to hydrolysis) is 1. The van der Waals surface area contributed by atoms with Crippen LogP contribution in [-0.2, 0) is 14.3 Å². The van der Waals surface area contributed by atoms with Crippen molar-refractivity contribution in [2.75, 3.05) is 13.2 Å². The Balaban J connectivity index is 3.32. The van der Waals surface area contributed by atoms with Gasteiger partial charge in [0.2, 0.25) is 11.8 Å². The molecule has 3 atom stereocenters. The Kier molecular flexibility index (Phi) is 11.9. The highest BCUT2D eigenvalue weighted by Crippen LogP contribution is 2.27. The van der Waals surface area contributed by atoms with Crippen LogP contribution < -0.4 is 10.6 Å². The minimum atomic E-state index is -1.30. The number of carbonyl (C=O) groups is 3. The molecule has 0 saturated heterocycles. The number of unbranched alkanes of at least 4 members (excludes halogenated alkanes) is 2.